The molecule has 0 N–H and O–H groups in total. The molecule has 0 aromatic heterocycles. The highest BCUT2D eigenvalue weighted by Gasteiger charge is 1.80. The van der Waals surface area contributed by atoms with Crippen molar-refractivity contribution in [3.05, 3.63) is 72.7 Å². The number of hydrogen-bond acceptors (Lipinski definition) is 0. The molecule has 0 heterocycles. The Bertz CT molecular complexity index is 312. The second-order valence-electron chi connectivity index (χ2n) is 2.45. The molecule has 1 aliphatic carbocycles. The van der Waals surface area contributed by atoms with Crippen molar-refractivity contribution < 1.29 is 4.39 Å². The van der Waals surface area contributed by atoms with Crippen LogP contribution in [-0.4, -0.2) is 0 Å². The van der Waals surface area contributed by atoms with Crippen molar-refractivity contribution in [3.8, 4) is 0 Å². The summed E-state index contributed by atoms with van der Waals surface area (Å²) in [6, 6.07) is 0. The zero-order chi connectivity index (χ0) is 9.36. The fourth-order valence-electron chi connectivity index (χ4n) is 0.800. The Hall–Kier alpha value is -1.63. The monoisotopic (exact) mass is 174 g/mol. The van der Waals surface area contributed by atoms with E-state index in [1.807, 2.05) is 30.4 Å². The molecule has 0 nitrogen and oxygen atoms in total. The molecule has 0 unspecified atom stereocenters. The summed E-state index contributed by atoms with van der Waals surface area (Å²) >= 11 is 0. The zero-order valence-corrected chi connectivity index (χ0v) is 7.23. The molecule has 1 heteroatoms. The minimum Gasteiger partial charge on any atom is -0.207 e. The van der Waals surface area contributed by atoms with Gasteiger partial charge >= 0.3 is 0 Å². The SMILES string of the molecule is FC1=C/C=C\C=C/C=C\C=C/C=C\1. The van der Waals surface area contributed by atoms with E-state index in [-0.39, 0.29) is 5.83 Å². The fraction of sp³-hybridized carbons (Fsp3) is 0. The molecular weight excluding hydrogens is 163 g/mol. The summed E-state index contributed by atoms with van der Waals surface area (Å²) in [4.78, 5) is 0. The molecule has 0 spiro atoms. The minimum atomic E-state index is -0.251. The van der Waals surface area contributed by atoms with Crippen LogP contribution in [0, 0.1) is 0 Å². The lowest BCUT2D eigenvalue weighted by molar-refractivity contribution is 0.667. The first-order chi connectivity index (χ1) is 6.39. The molecule has 0 fully saturated rings. The zero-order valence-electron chi connectivity index (χ0n) is 7.23. The van der Waals surface area contributed by atoms with Gasteiger partial charge in [0.25, 0.3) is 0 Å². The Morgan fingerprint density at radius 1 is 0.615 bits per heavy atom. The van der Waals surface area contributed by atoms with E-state index in [0.717, 1.165) is 0 Å². The second kappa shape index (κ2) is 5.95. The third kappa shape index (κ3) is 4.75. The van der Waals surface area contributed by atoms with Crippen LogP contribution in [0.15, 0.2) is 72.7 Å². The van der Waals surface area contributed by atoms with E-state index in [1.54, 1.807) is 24.3 Å². The summed E-state index contributed by atoms with van der Waals surface area (Å²) in [7, 11) is 0. The molecule has 1 aliphatic rings. The molecule has 0 radical (unpaired) electrons. The number of halogens is 1. The molecular formula is C12H11F. The number of rotatable bonds is 0. The highest BCUT2D eigenvalue weighted by atomic mass is 19.1. The lowest BCUT2D eigenvalue weighted by Crippen LogP contribution is -1.63. The molecule has 0 aromatic rings. The van der Waals surface area contributed by atoms with Gasteiger partial charge in [0, 0.05) is 0 Å². The first-order valence-electron chi connectivity index (χ1n) is 4.10. The van der Waals surface area contributed by atoms with E-state index in [4.69, 9.17) is 0 Å². The third-order valence-electron chi connectivity index (χ3n) is 1.40. The topological polar surface area (TPSA) is 0 Å². The van der Waals surface area contributed by atoms with Gasteiger partial charge < -0.3 is 0 Å². The van der Waals surface area contributed by atoms with Gasteiger partial charge in [-0.15, -0.1) is 0 Å². The van der Waals surface area contributed by atoms with Crippen molar-refractivity contribution in [1.29, 1.82) is 0 Å². The smallest absolute Gasteiger partial charge is 0.123 e. The average molecular weight is 174 g/mol. The lowest BCUT2D eigenvalue weighted by atomic mass is 10.3. The maximum Gasteiger partial charge on any atom is 0.123 e. The van der Waals surface area contributed by atoms with Crippen LogP contribution in [0.3, 0.4) is 0 Å². The van der Waals surface area contributed by atoms with Crippen molar-refractivity contribution >= 4 is 0 Å². The van der Waals surface area contributed by atoms with Crippen LogP contribution in [-0.2, 0) is 0 Å². The van der Waals surface area contributed by atoms with E-state index in [1.165, 1.54) is 12.2 Å². The molecule has 0 saturated carbocycles. The minimum absolute atomic E-state index is 0.251. The lowest BCUT2D eigenvalue weighted by Gasteiger charge is -1.82. The van der Waals surface area contributed by atoms with Crippen LogP contribution in [0.25, 0.3) is 0 Å². The Kier molecular flexibility index (Phi) is 4.33. The van der Waals surface area contributed by atoms with E-state index < -0.39 is 0 Å². The van der Waals surface area contributed by atoms with Gasteiger partial charge in [-0.3, -0.25) is 0 Å². The average Bonchev–Trinajstić information content (AvgIpc) is 2.11. The molecule has 0 aromatic carbocycles. The van der Waals surface area contributed by atoms with Gasteiger partial charge in [0.15, 0.2) is 0 Å². The number of allylic oxidation sites excluding steroid dienone is 12. The molecule has 0 saturated heterocycles. The molecule has 13 heavy (non-hydrogen) atoms. The summed E-state index contributed by atoms with van der Waals surface area (Å²) < 4.78 is 12.8. The molecule has 1 rings (SSSR count). The normalized spacial score (nSPS) is 32.8. The van der Waals surface area contributed by atoms with Gasteiger partial charge in [-0.05, 0) is 12.2 Å². The van der Waals surface area contributed by atoms with Crippen molar-refractivity contribution in [1.82, 2.24) is 0 Å². The summed E-state index contributed by atoms with van der Waals surface area (Å²) in [5, 5.41) is 0. The molecule has 0 aliphatic heterocycles. The second-order valence-corrected chi connectivity index (χ2v) is 2.45. The maximum absolute atomic E-state index is 12.8. The highest BCUT2D eigenvalue weighted by molar-refractivity contribution is 5.26. The quantitative estimate of drug-likeness (QED) is 0.526. The van der Waals surface area contributed by atoms with Gasteiger partial charge in [-0.2, -0.15) is 0 Å². The Labute approximate surface area is 77.8 Å². The van der Waals surface area contributed by atoms with Crippen LogP contribution < -0.4 is 0 Å². The Morgan fingerprint density at radius 3 is 1.69 bits per heavy atom. The third-order valence-corrected chi connectivity index (χ3v) is 1.40. The van der Waals surface area contributed by atoms with Crippen molar-refractivity contribution in [2.75, 3.05) is 0 Å². The summed E-state index contributed by atoms with van der Waals surface area (Å²) in [5.41, 5.74) is 0. The van der Waals surface area contributed by atoms with Gasteiger partial charge in [0.1, 0.15) is 5.83 Å². The van der Waals surface area contributed by atoms with Gasteiger partial charge in [0.05, 0.1) is 0 Å². The predicted molar refractivity (Wildman–Crippen MR) is 54.9 cm³/mol. The standard InChI is InChI=1S/C12H11F/c13-12-10-8-6-4-2-1-3-5-7-9-11-12/h1-11H/b2-1-,3-1?,4-2?,5-3-,6-4-,7-5?,8-6?,9-7-,10-8-,11-9?,12-10?,12-11+. The fourth-order valence-corrected chi connectivity index (χ4v) is 0.800. The molecule has 0 atom stereocenters. The molecule has 0 amide bonds. The molecule has 66 valence electrons. The van der Waals surface area contributed by atoms with Crippen LogP contribution >= 0.6 is 0 Å². The van der Waals surface area contributed by atoms with Crippen LogP contribution in [0.4, 0.5) is 4.39 Å². The van der Waals surface area contributed by atoms with Crippen molar-refractivity contribution in [3.63, 3.8) is 0 Å². The van der Waals surface area contributed by atoms with Gasteiger partial charge in [-0.25, -0.2) is 4.39 Å². The van der Waals surface area contributed by atoms with E-state index in [2.05, 4.69) is 0 Å². The van der Waals surface area contributed by atoms with E-state index >= 15 is 0 Å². The Balaban J connectivity index is 2.78. The van der Waals surface area contributed by atoms with Crippen molar-refractivity contribution in [2.45, 2.75) is 0 Å². The molecule has 0 bridgehead atoms. The predicted octanol–water partition coefficient (Wildman–Crippen LogP) is 3.63. The Morgan fingerprint density at radius 2 is 1.08 bits per heavy atom. The van der Waals surface area contributed by atoms with E-state index in [0.29, 0.717) is 0 Å². The number of hydrogen-bond donors (Lipinski definition) is 0. The summed E-state index contributed by atoms with van der Waals surface area (Å²) in [6.45, 7) is 0. The maximum atomic E-state index is 12.8. The largest absolute Gasteiger partial charge is 0.207 e. The summed E-state index contributed by atoms with van der Waals surface area (Å²) in [6.07, 6.45) is 19.1. The van der Waals surface area contributed by atoms with Gasteiger partial charge in [0.2, 0.25) is 0 Å². The van der Waals surface area contributed by atoms with Crippen LogP contribution in [0.5, 0.6) is 0 Å². The van der Waals surface area contributed by atoms with Crippen molar-refractivity contribution in [2.24, 2.45) is 0 Å². The summed E-state index contributed by atoms with van der Waals surface area (Å²) in [5.74, 6) is -0.251. The highest BCUT2D eigenvalue weighted by Crippen LogP contribution is 1.99. The van der Waals surface area contributed by atoms with Gasteiger partial charge in [-0.1, -0.05) is 54.7 Å². The first-order valence-corrected chi connectivity index (χ1v) is 4.10. The first kappa shape index (κ1) is 9.46. The van der Waals surface area contributed by atoms with E-state index in [9.17, 15) is 4.39 Å². The van der Waals surface area contributed by atoms with Crippen LogP contribution in [0.1, 0.15) is 0 Å². The van der Waals surface area contributed by atoms with Crippen LogP contribution in [0.2, 0.25) is 0 Å².